The molecule has 0 saturated heterocycles. The molecule has 2 saturated carbocycles. The number of alkyl halides is 1. The van der Waals surface area contributed by atoms with Crippen LogP contribution in [-0.2, 0) is 0 Å². The van der Waals surface area contributed by atoms with E-state index in [4.69, 9.17) is 5.11 Å². The third-order valence-electron chi connectivity index (χ3n) is 5.00. The van der Waals surface area contributed by atoms with E-state index in [0.29, 0.717) is 5.92 Å². The molecule has 100 valence electrons. The van der Waals surface area contributed by atoms with E-state index in [1.807, 2.05) is 0 Å². The molecular weight excluding hydrogens is 215 g/mol. The Labute approximate surface area is 105 Å². The van der Waals surface area contributed by atoms with Crippen LogP contribution in [0.1, 0.15) is 64.2 Å². The SMILES string of the molecule is OCCCC1CCC(C2CCCCC2)CC1F. The van der Waals surface area contributed by atoms with Gasteiger partial charge in [0.2, 0.25) is 0 Å². The van der Waals surface area contributed by atoms with Crippen molar-refractivity contribution in [1.29, 1.82) is 0 Å². The first-order valence-corrected chi connectivity index (χ1v) is 7.56. The summed E-state index contributed by atoms with van der Waals surface area (Å²) in [5.74, 6) is 1.72. The second-order valence-electron chi connectivity index (χ2n) is 6.11. The molecule has 3 atom stereocenters. The summed E-state index contributed by atoms with van der Waals surface area (Å²) in [6, 6.07) is 0. The van der Waals surface area contributed by atoms with Crippen molar-refractivity contribution in [2.45, 2.75) is 70.4 Å². The van der Waals surface area contributed by atoms with E-state index in [1.54, 1.807) is 0 Å². The zero-order chi connectivity index (χ0) is 12.1. The van der Waals surface area contributed by atoms with Gasteiger partial charge in [-0.15, -0.1) is 0 Å². The Morgan fingerprint density at radius 1 is 0.941 bits per heavy atom. The first-order valence-electron chi connectivity index (χ1n) is 7.56. The largest absolute Gasteiger partial charge is 0.396 e. The lowest BCUT2D eigenvalue weighted by Crippen LogP contribution is -2.31. The molecule has 2 rings (SSSR count). The predicted octanol–water partition coefficient (Wildman–Crippen LogP) is 4.09. The molecule has 2 fully saturated rings. The maximum atomic E-state index is 14.1. The minimum Gasteiger partial charge on any atom is -0.396 e. The highest BCUT2D eigenvalue weighted by Gasteiger charge is 2.34. The van der Waals surface area contributed by atoms with Gasteiger partial charge in [0, 0.05) is 6.61 Å². The van der Waals surface area contributed by atoms with Crippen LogP contribution >= 0.6 is 0 Å². The minimum atomic E-state index is -0.595. The standard InChI is InChI=1S/C15H27FO/c16-15-11-14(12-5-2-1-3-6-12)9-8-13(15)7-4-10-17/h12-15,17H,1-11H2. The molecule has 17 heavy (non-hydrogen) atoms. The molecule has 1 nitrogen and oxygen atoms in total. The summed E-state index contributed by atoms with van der Waals surface area (Å²) < 4.78 is 14.1. The molecule has 2 heteroatoms. The van der Waals surface area contributed by atoms with Gasteiger partial charge in [-0.3, -0.25) is 0 Å². The van der Waals surface area contributed by atoms with Crippen molar-refractivity contribution in [3.05, 3.63) is 0 Å². The summed E-state index contributed by atoms with van der Waals surface area (Å²) >= 11 is 0. The van der Waals surface area contributed by atoms with Gasteiger partial charge < -0.3 is 5.11 Å². The first-order chi connectivity index (χ1) is 8.31. The average molecular weight is 242 g/mol. The van der Waals surface area contributed by atoms with E-state index in [0.717, 1.165) is 31.6 Å². The molecular formula is C15H27FO. The van der Waals surface area contributed by atoms with Gasteiger partial charge in [0.05, 0.1) is 0 Å². The topological polar surface area (TPSA) is 20.2 Å². The summed E-state index contributed by atoms with van der Waals surface area (Å²) in [6.45, 7) is 0.218. The van der Waals surface area contributed by atoms with Gasteiger partial charge in [-0.1, -0.05) is 32.1 Å². The molecule has 2 aliphatic rings. The van der Waals surface area contributed by atoms with Gasteiger partial charge in [0.1, 0.15) is 6.17 Å². The summed E-state index contributed by atoms with van der Waals surface area (Å²) in [7, 11) is 0. The van der Waals surface area contributed by atoms with E-state index < -0.39 is 6.17 Å². The van der Waals surface area contributed by atoms with E-state index in [9.17, 15) is 4.39 Å². The Balaban J connectivity index is 1.77. The third-order valence-corrected chi connectivity index (χ3v) is 5.00. The van der Waals surface area contributed by atoms with Crippen LogP contribution in [0.25, 0.3) is 0 Å². The van der Waals surface area contributed by atoms with E-state index >= 15 is 0 Å². The normalized spacial score (nSPS) is 36.0. The summed E-state index contributed by atoms with van der Waals surface area (Å²) in [5.41, 5.74) is 0. The average Bonchev–Trinajstić information content (AvgIpc) is 2.38. The molecule has 3 unspecified atom stereocenters. The van der Waals surface area contributed by atoms with E-state index in [-0.39, 0.29) is 12.5 Å². The fourth-order valence-corrected chi connectivity index (χ4v) is 3.92. The van der Waals surface area contributed by atoms with Crippen molar-refractivity contribution < 1.29 is 9.50 Å². The third kappa shape index (κ3) is 3.67. The van der Waals surface area contributed by atoms with Crippen molar-refractivity contribution in [2.24, 2.45) is 17.8 Å². The van der Waals surface area contributed by atoms with Gasteiger partial charge in [-0.25, -0.2) is 4.39 Å². The highest BCUT2D eigenvalue weighted by atomic mass is 19.1. The monoisotopic (exact) mass is 242 g/mol. The second kappa shape index (κ2) is 6.72. The molecule has 2 aliphatic carbocycles. The lowest BCUT2D eigenvalue weighted by Gasteiger charge is -2.37. The zero-order valence-electron chi connectivity index (χ0n) is 10.9. The number of hydrogen-bond acceptors (Lipinski definition) is 1. The molecule has 0 heterocycles. The summed E-state index contributed by atoms with van der Waals surface area (Å²) in [6.07, 6.45) is 11.0. The van der Waals surface area contributed by atoms with Gasteiger partial charge in [-0.05, 0) is 49.9 Å². The molecule has 0 radical (unpaired) electrons. The second-order valence-corrected chi connectivity index (χ2v) is 6.11. The highest BCUT2D eigenvalue weighted by Crippen LogP contribution is 2.42. The molecule has 0 amide bonds. The van der Waals surface area contributed by atoms with Crippen LogP contribution in [0.2, 0.25) is 0 Å². The molecule has 0 aromatic rings. The fraction of sp³-hybridized carbons (Fsp3) is 1.00. The van der Waals surface area contributed by atoms with Crippen LogP contribution in [0.5, 0.6) is 0 Å². The highest BCUT2D eigenvalue weighted by molar-refractivity contribution is 4.84. The van der Waals surface area contributed by atoms with Gasteiger partial charge in [0.25, 0.3) is 0 Å². The maximum absolute atomic E-state index is 14.1. The smallest absolute Gasteiger partial charge is 0.103 e. The van der Waals surface area contributed by atoms with E-state index in [2.05, 4.69) is 0 Å². The molecule has 0 aromatic carbocycles. The maximum Gasteiger partial charge on any atom is 0.103 e. The number of hydrogen-bond donors (Lipinski definition) is 1. The van der Waals surface area contributed by atoms with Crippen LogP contribution in [0.3, 0.4) is 0 Å². The lowest BCUT2D eigenvalue weighted by molar-refractivity contribution is 0.0758. The van der Waals surface area contributed by atoms with Gasteiger partial charge in [-0.2, -0.15) is 0 Å². The van der Waals surface area contributed by atoms with Crippen LogP contribution in [0, 0.1) is 17.8 Å². The molecule has 0 aromatic heterocycles. The van der Waals surface area contributed by atoms with Crippen molar-refractivity contribution >= 4 is 0 Å². The fourth-order valence-electron chi connectivity index (χ4n) is 3.92. The quantitative estimate of drug-likeness (QED) is 0.787. The Hall–Kier alpha value is -0.110. The number of aliphatic hydroxyl groups is 1. The van der Waals surface area contributed by atoms with Crippen molar-refractivity contribution in [2.75, 3.05) is 6.61 Å². The Morgan fingerprint density at radius 2 is 1.71 bits per heavy atom. The molecule has 0 spiro atoms. The number of aliphatic hydroxyl groups excluding tert-OH is 1. The number of halogens is 1. The van der Waals surface area contributed by atoms with Gasteiger partial charge in [0.15, 0.2) is 0 Å². The van der Waals surface area contributed by atoms with Crippen molar-refractivity contribution in [3.8, 4) is 0 Å². The van der Waals surface area contributed by atoms with Crippen LogP contribution in [0.4, 0.5) is 4.39 Å². The van der Waals surface area contributed by atoms with Crippen molar-refractivity contribution in [1.82, 2.24) is 0 Å². The molecule has 1 N–H and O–H groups in total. The van der Waals surface area contributed by atoms with Crippen LogP contribution in [-0.4, -0.2) is 17.9 Å². The minimum absolute atomic E-state index is 0.218. The van der Waals surface area contributed by atoms with Crippen LogP contribution in [0.15, 0.2) is 0 Å². The predicted molar refractivity (Wildman–Crippen MR) is 68.6 cm³/mol. The number of rotatable bonds is 4. The lowest BCUT2D eigenvalue weighted by atomic mass is 9.69. The van der Waals surface area contributed by atoms with Crippen molar-refractivity contribution in [3.63, 3.8) is 0 Å². The molecule has 0 bridgehead atoms. The summed E-state index contributed by atoms with van der Waals surface area (Å²) in [5, 5.41) is 8.82. The zero-order valence-corrected chi connectivity index (χ0v) is 10.9. The van der Waals surface area contributed by atoms with Gasteiger partial charge >= 0.3 is 0 Å². The first kappa shape index (κ1) is 13.3. The van der Waals surface area contributed by atoms with E-state index in [1.165, 1.54) is 38.5 Å². The Morgan fingerprint density at radius 3 is 2.35 bits per heavy atom. The molecule has 0 aliphatic heterocycles. The Bertz CT molecular complexity index is 213. The Kier molecular flexibility index (Phi) is 5.27. The van der Waals surface area contributed by atoms with Crippen LogP contribution < -0.4 is 0 Å². The summed E-state index contributed by atoms with van der Waals surface area (Å²) in [4.78, 5) is 0.